The van der Waals surface area contributed by atoms with E-state index in [4.69, 9.17) is 14.5 Å². The zero-order valence-electron chi connectivity index (χ0n) is 29.7. The number of fused-ring (bicyclic) bond motifs is 3. The van der Waals surface area contributed by atoms with Crippen molar-refractivity contribution in [2.75, 3.05) is 25.5 Å². The Morgan fingerprint density at radius 3 is 2.58 bits per heavy atom. The second-order valence-electron chi connectivity index (χ2n) is 13.8. The van der Waals surface area contributed by atoms with E-state index in [-0.39, 0.29) is 30.2 Å². The fraction of sp³-hybridized carbons (Fsp3) is 0.350. The van der Waals surface area contributed by atoms with E-state index in [1.54, 1.807) is 25.3 Å². The number of sulfonamides is 1. The molecule has 4 aromatic rings. The van der Waals surface area contributed by atoms with Gasteiger partial charge in [0.25, 0.3) is 15.9 Å². The number of nitrogens with one attached hydrogen (secondary N) is 3. The van der Waals surface area contributed by atoms with Gasteiger partial charge in [-0.15, -0.1) is 0 Å². The first-order chi connectivity index (χ1) is 25.6. The van der Waals surface area contributed by atoms with Crippen LogP contribution in [0.15, 0.2) is 95.9 Å². The lowest BCUT2D eigenvalue weighted by atomic mass is 10.1. The molecule has 7 rings (SSSR count). The first kappa shape index (κ1) is 36.0. The molecular formula is C40H43N5O7S. The summed E-state index contributed by atoms with van der Waals surface area (Å²) in [6.45, 7) is 2.11. The SMILES string of the molecule is COc1ccc2c(O[C@@H]3C[C@@H](C(=O)N[C@]45C[C@@H]4/C=C/CCCCCNc4ccccc4S(=O)(=O)NC5=O)N(C(C)=O)C3)cc(-c3ccccc3)nc2c1. The number of hydrogen-bond acceptors (Lipinski definition) is 9. The summed E-state index contributed by atoms with van der Waals surface area (Å²) in [5, 5.41) is 6.83. The Kier molecular flexibility index (Phi) is 10.1. The monoisotopic (exact) mass is 737 g/mol. The minimum absolute atomic E-state index is 0.0477. The van der Waals surface area contributed by atoms with Crippen LogP contribution in [0.5, 0.6) is 11.5 Å². The molecule has 13 heteroatoms. The topological polar surface area (TPSA) is 156 Å². The lowest BCUT2D eigenvalue weighted by Gasteiger charge is -2.25. The number of carbonyl (C=O) groups is 3. The average molecular weight is 738 g/mol. The number of rotatable bonds is 6. The van der Waals surface area contributed by atoms with E-state index in [1.165, 1.54) is 17.9 Å². The molecule has 2 aliphatic heterocycles. The number of anilines is 1. The summed E-state index contributed by atoms with van der Waals surface area (Å²) >= 11 is 0. The summed E-state index contributed by atoms with van der Waals surface area (Å²) in [5.74, 6) is -0.940. The smallest absolute Gasteiger partial charge is 0.266 e. The van der Waals surface area contributed by atoms with Gasteiger partial charge in [0.1, 0.15) is 34.1 Å². The maximum Gasteiger partial charge on any atom is 0.266 e. The second-order valence-corrected chi connectivity index (χ2v) is 15.5. The highest BCUT2D eigenvalue weighted by Crippen LogP contribution is 2.46. The normalized spacial score (nSPS) is 24.6. The molecule has 276 valence electrons. The zero-order valence-corrected chi connectivity index (χ0v) is 30.5. The second kappa shape index (κ2) is 14.9. The van der Waals surface area contributed by atoms with E-state index >= 15 is 0 Å². The highest BCUT2D eigenvalue weighted by Gasteiger charge is 2.61. The fourth-order valence-electron chi connectivity index (χ4n) is 7.26. The molecule has 3 aliphatic rings. The molecule has 1 saturated heterocycles. The number of likely N-dealkylation sites (tertiary alicyclic amines) is 1. The maximum absolute atomic E-state index is 14.2. The molecule has 1 aromatic heterocycles. The quantitative estimate of drug-likeness (QED) is 0.227. The molecule has 3 aromatic carbocycles. The molecule has 0 bridgehead atoms. The summed E-state index contributed by atoms with van der Waals surface area (Å²) in [6.07, 6.45) is 7.21. The molecule has 0 unspecified atom stereocenters. The lowest BCUT2D eigenvalue weighted by molar-refractivity contribution is -0.138. The number of amides is 3. The molecule has 1 aliphatic carbocycles. The third kappa shape index (κ3) is 7.57. The number of ether oxygens (including phenoxy) is 2. The third-order valence-corrected chi connectivity index (χ3v) is 11.6. The number of para-hydroxylation sites is 1. The van der Waals surface area contributed by atoms with Gasteiger partial charge in [0.15, 0.2) is 0 Å². The predicted molar refractivity (Wildman–Crippen MR) is 201 cm³/mol. The van der Waals surface area contributed by atoms with Gasteiger partial charge in [0, 0.05) is 48.9 Å². The van der Waals surface area contributed by atoms with Crippen molar-refractivity contribution in [3.63, 3.8) is 0 Å². The van der Waals surface area contributed by atoms with Crippen LogP contribution in [0.2, 0.25) is 0 Å². The summed E-state index contributed by atoms with van der Waals surface area (Å²) < 4.78 is 41.5. The summed E-state index contributed by atoms with van der Waals surface area (Å²) in [5.41, 5.74) is 1.13. The Labute approximate surface area is 309 Å². The van der Waals surface area contributed by atoms with Crippen molar-refractivity contribution in [1.82, 2.24) is 19.9 Å². The molecule has 3 N–H and O–H groups in total. The van der Waals surface area contributed by atoms with Crippen LogP contribution < -0.4 is 24.8 Å². The van der Waals surface area contributed by atoms with Crippen LogP contribution in [0.25, 0.3) is 22.2 Å². The minimum atomic E-state index is -4.30. The van der Waals surface area contributed by atoms with Crippen LogP contribution in [-0.2, 0) is 24.4 Å². The van der Waals surface area contributed by atoms with Crippen LogP contribution in [0.1, 0.15) is 45.4 Å². The Balaban J connectivity index is 1.15. The van der Waals surface area contributed by atoms with Crippen LogP contribution >= 0.6 is 0 Å². The maximum atomic E-state index is 14.2. The van der Waals surface area contributed by atoms with Gasteiger partial charge < -0.3 is 25.0 Å². The summed E-state index contributed by atoms with van der Waals surface area (Å²) in [6, 6.07) is 22.5. The van der Waals surface area contributed by atoms with Crippen molar-refractivity contribution in [2.24, 2.45) is 5.92 Å². The van der Waals surface area contributed by atoms with Crippen molar-refractivity contribution in [3.8, 4) is 22.8 Å². The number of carbonyl (C=O) groups excluding carboxylic acids is 3. The Bertz CT molecular complexity index is 2180. The molecular weight excluding hydrogens is 695 g/mol. The molecule has 3 heterocycles. The number of hydrogen-bond donors (Lipinski definition) is 3. The molecule has 53 heavy (non-hydrogen) atoms. The molecule has 0 spiro atoms. The van der Waals surface area contributed by atoms with Gasteiger partial charge >= 0.3 is 0 Å². The Hall–Kier alpha value is -5.43. The van der Waals surface area contributed by atoms with Gasteiger partial charge in [-0.25, -0.2) is 18.1 Å². The largest absolute Gasteiger partial charge is 0.497 e. The van der Waals surface area contributed by atoms with Crippen LogP contribution in [0, 0.1) is 5.92 Å². The average Bonchev–Trinajstić information content (AvgIpc) is 3.68. The number of benzene rings is 3. The standard InChI is InChI=1S/C40H43N5O7S/c1-26(46)45-25-30(52-36-23-33(27-13-7-6-8-14-27)42-34-21-29(51-2)18-19-31(34)36)22-35(45)38(47)43-40-24-28(40)15-9-4-3-5-12-20-41-32-16-10-11-17-37(32)53(49,50)44-39(40)48/h6-11,13-19,21,23,28,30,35,41H,3-5,12,20,22,24-25H2,1-2H3,(H,43,47)(H,44,48)/b15-9+/t28-,30+,35-,40+/m0/s1. The van der Waals surface area contributed by atoms with Crippen LogP contribution in [0.4, 0.5) is 5.69 Å². The zero-order chi connectivity index (χ0) is 37.2. The van der Waals surface area contributed by atoms with Gasteiger partial charge in [0.05, 0.1) is 30.6 Å². The fourth-order valence-corrected chi connectivity index (χ4v) is 8.49. The number of methoxy groups -OCH3 is 1. The van der Waals surface area contributed by atoms with Gasteiger partial charge in [-0.05, 0) is 49.9 Å². The van der Waals surface area contributed by atoms with Crippen molar-refractivity contribution in [2.45, 2.75) is 68.0 Å². The number of nitrogens with zero attached hydrogens (tertiary/aromatic N) is 2. The van der Waals surface area contributed by atoms with Crippen molar-refractivity contribution in [3.05, 3.63) is 91.0 Å². The molecule has 1 saturated carbocycles. The van der Waals surface area contributed by atoms with Gasteiger partial charge in [-0.1, -0.05) is 61.0 Å². The van der Waals surface area contributed by atoms with Crippen molar-refractivity contribution < 1.29 is 32.3 Å². The van der Waals surface area contributed by atoms with E-state index in [1.807, 2.05) is 66.7 Å². The van der Waals surface area contributed by atoms with E-state index < -0.39 is 45.4 Å². The molecule has 12 nitrogen and oxygen atoms in total. The third-order valence-electron chi connectivity index (χ3n) is 10.2. The van der Waals surface area contributed by atoms with Crippen molar-refractivity contribution in [1.29, 1.82) is 0 Å². The van der Waals surface area contributed by atoms with Gasteiger partial charge in [0.2, 0.25) is 11.8 Å². The van der Waals surface area contributed by atoms with Crippen molar-refractivity contribution >= 4 is 44.3 Å². The highest BCUT2D eigenvalue weighted by molar-refractivity contribution is 7.90. The van der Waals surface area contributed by atoms with Crippen LogP contribution in [-0.4, -0.2) is 73.9 Å². The molecule has 4 atom stereocenters. The van der Waals surface area contributed by atoms with E-state index in [9.17, 15) is 22.8 Å². The van der Waals surface area contributed by atoms with E-state index in [0.717, 1.165) is 36.6 Å². The molecule has 2 fully saturated rings. The number of aromatic nitrogens is 1. The Morgan fingerprint density at radius 1 is 1.00 bits per heavy atom. The first-order valence-electron chi connectivity index (χ1n) is 17.9. The number of allylic oxidation sites excluding steroid dienone is 1. The highest BCUT2D eigenvalue weighted by atomic mass is 32.2. The van der Waals surface area contributed by atoms with Gasteiger partial charge in [-0.2, -0.15) is 0 Å². The Morgan fingerprint density at radius 2 is 1.79 bits per heavy atom. The van der Waals surface area contributed by atoms with E-state index in [0.29, 0.717) is 34.9 Å². The summed E-state index contributed by atoms with van der Waals surface area (Å²) in [4.78, 5) is 47.3. The van der Waals surface area contributed by atoms with E-state index in [2.05, 4.69) is 15.4 Å². The summed E-state index contributed by atoms with van der Waals surface area (Å²) in [7, 11) is -2.71. The minimum Gasteiger partial charge on any atom is -0.497 e. The molecule has 0 radical (unpaired) electrons. The molecule has 3 amide bonds. The lowest BCUT2D eigenvalue weighted by Crippen LogP contribution is -2.56. The predicted octanol–water partition coefficient (Wildman–Crippen LogP) is 5.20. The first-order valence-corrected chi connectivity index (χ1v) is 19.4. The number of pyridine rings is 1. The van der Waals surface area contributed by atoms with Crippen LogP contribution in [0.3, 0.4) is 0 Å². The van der Waals surface area contributed by atoms with Gasteiger partial charge in [-0.3, -0.25) is 14.4 Å².